The van der Waals surface area contributed by atoms with Gasteiger partial charge in [0.25, 0.3) is 0 Å². The van der Waals surface area contributed by atoms with Gasteiger partial charge in [-0.3, -0.25) is 4.79 Å². The molecular weight excluding hydrogens is 408 g/mol. The number of methoxy groups -OCH3 is 2. The third-order valence-electron chi connectivity index (χ3n) is 3.75. The number of amides is 1. The second-order valence-corrected chi connectivity index (χ2v) is 10.3. The Balaban J connectivity index is 2.62. The molecule has 0 aliphatic carbocycles. The van der Waals surface area contributed by atoms with E-state index in [1.807, 2.05) is 0 Å². The molecule has 1 aromatic heterocycles. The third-order valence-corrected chi connectivity index (χ3v) is 6.91. The molecule has 0 saturated carbocycles. The SMILES string of the molecule is COC(=O)c1scc(NC(=O)CCCCNS(=O)(=O)C(C)(C)C)c1C(=O)OC. The van der Waals surface area contributed by atoms with Gasteiger partial charge in [-0.1, -0.05) is 0 Å². The van der Waals surface area contributed by atoms with Crippen molar-refractivity contribution in [1.29, 1.82) is 0 Å². The Morgan fingerprint density at radius 2 is 1.68 bits per heavy atom. The molecule has 28 heavy (non-hydrogen) atoms. The average Bonchev–Trinajstić information content (AvgIpc) is 3.02. The lowest BCUT2D eigenvalue weighted by molar-refractivity contribution is -0.116. The van der Waals surface area contributed by atoms with Gasteiger partial charge in [-0.2, -0.15) is 0 Å². The molecule has 0 atom stereocenters. The predicted octanol–water partition coefficient (Wildman–Crippen LogP) is 2.15. The molecule has 1 rings (SSSR count). The normalized spacial score (nSPS) is 11.8. The summed E-state index contributed by atoms with van der Waals surface area (Å²) in [6, 6.07) is 0. The maximum Gasteiger partial charge on any atom is 0.349 e. The lowest BCUT2D eigenvalue weighted by atomic mass is 10.2. The maximum absolute atomic E-state index is 12.1. The van der Waals surface area contributed by atoms with Crippen LogP contribution in [0.25, 0.3) is 0 Å². The van der Waals surface area contributed by atoms with Gasteiger partial charge in [0.05, 0.1) is 24.7 Å². The zero-order valence-electron chi connectivity index (χ0n) is 16.6. The second-order valence-electron chi connectivity index (χ2n) is 6.85. The largest absolute Gasteiger partial charge is 0.465 e. The number of carbonyl (C=O) groups excluding carboxylic acids is 3. The van der Waals surface area contributed by atoms with Crippen molar-refractivity contribution in [3.05, 3.63) is 15.8 Å². The monoisotopic (exact) mass is 434 g/mol. The lowest BCUT2D eigenvalue weighted by Crippen LogP contribution is -2.39. The lowest BCUT2D eigenvalue weighted by Gasteiger charge is -2.19. The van der Waals surface area contributed by atoms with Crippen LogP contribution in [0.2, 0.25) is 0 Å². The summed E-state index contributed by atoms with van der Waals surface area (Å²) >= 11 is 0.965. The molecule has 0 bridgehead atoms. The second kappa shape index (κ2) is 9.99. The van der Waals surface area contributed by atoms with Gasteiger partial charge in [-0.25, -0.2) is 22.7 Å². The first-order valence-electron chi connectivity index (χ1n) is 8.51. The Morgan fingerprint density at radius 3 is 2.21 bits per heavy atom. The topological polar surface area (TPSA) is 128 Å². The molecule has 1 aromatic rings. The highest BCUT2D eigenvalue weighted by atomic mass is 32.2. The van der Waals surface area contributed by atoms with E-state index in [1.165, 1.54) is 19.6 Å². The third kappa shape index (κ3) is 6.28. The summed E-state index contributed by atoms with van der Waals surface area (Å²) in [6.45, 7) is 5.03. The summed E-state index contributed by atoms with van der Waals surface area (Å²) in [7, 11) is -1.06. The number of hydrogen-bond acceptors (Lipinski definition) is 8. The Labute approximate surface area is 168 Å². The average molecular weight is 435 g/mol. The summed E-state index contributed by atoms with van der Waals surface area (Å²) in [5.74, 6) is -1.82. The highest BCUT2D eigenvalue weighted by Crippen LogP contribution is 2.29. The van der Waals surface area contributed by atoms with Crippen LogP contribution in [-0.2, 0) is 24.3 Å². The number of rotatable bonds is 9. The fraction of sp³-hybridized carbons (Fsp3) is 0.588. The molecule has 0 radical (unpaired) electrons. The number of anilines is 1. The van der Waals surface area contributed by atoms with Crippen molar-refractivity contribution in [3.8, 4) is 0 Å². The molecule has 0 aromatic carbocycles. The fourth-order valence-corrected chi connectivity index (χ4v) is 3.79. The van der Waals surface area contributed by atoms with Crippen molar-refractivity contribution in [2.45, 2.75) is 44.8 Å². The Hall–Kier alpha value is -1.98. The van der Waals surface area contributed by atoms with Crippen molar-refractivity contribution in [2.24, 2.45) is 0 Å². The number of hydrogen-bond donors (Lipinski definition) is 2. The first-order valence-corrected chi connectivity index (χ1v) is 10.9. The molecule has 9 nitrogen and oxygen atoms in total. The van der Waals surface area contributed by atoms with E-state index in [0.717, 1.165) is 11.3 Å². The number of carbonyl (C=O) groups is 3. The number of sulfonamides is 1. The van der Waals surface area contributed by atoms with Crippen LogP contribution in [0.15, 0.2) is 5.38 Å². The van der Waals surface area contributed by atoms with Crippen molar-refractivity contribution >= 4 is 44.9 Å². The van der Waals surface area contributed by atoms with E-state index in [4.69, 9.17) is 0 Å². The van der Waals surface area contributed by atoms with Crippen LogP contribution < -0.4 is 10.0 Å². The van der Waals surface area contributed by atoms with E-state index in [-0.39, 0.29) is 35.0 Å². The van der Waals surface area contributed by atoms with Crippen LogP contribution in [0.3, 0.4) is 0 Å². The minimum atomic E-state index is -3.42. The van der Waals surface area contributed by atoms with Crippen LogP contribution in [0, 0.1) is 0 Å². The first-order chi connectivity index (χ1) is 12.9. The Kier molecular flexibility index (Phi) is 8.58. The van der Waals surface area contributed by atoms with Gasteiger partial charge in [0.2, 0.25) is 15.9 Å². The van der Waals surface area contributed by atoms with E-state index < -0.39 is 26.7 Å². The van der Waals surface area contributed by atoms with E-state index >= 15 is 0 Å². The maximum atomic E-state index is 12.1. The van der Waals surface area contributed by atoms with Gasteiger partial charge in [0.1, 0.15) is 10.4 Å². The molecule has 0 saturated heterocycles. The van der Waals surface area contributed by atoms with E-state index in [1.54, 1.807) is 20.8 Å². The Bertz CT molecular complexity index is 823. The van der Waals surface area contributed by atoms with E-state index in [2.05, 4.69) is 19.5 Å². The van der Waals surface area contributed by atoms with Crippen LogP contribution in [0.1, 0.15) is 60.1 Å². The van der Waals surface area contributed by atoms with Gasteiger partial charge >= 0.3 is 11.9 Å². The molecule has 1 amide bonds. The number of nitrogens with one attached hydrogen (secondary N) is 2. The molecule has 158 valence electrons. The molecule has 0 fully saturated rings. The van der Waals surface area contributed by atoms with Gasteiger partial charge in [0.15, 0.2) is 0 Å². The zero-order valence-corrected chi connectivity index (χ0v) is 18.2. The molecule has 0 unspecified atom stereocenters. The van der Waals surface area contributed by atoms with Gasteiger partial charge in [-0.15, -0.1) is 11.3 Å². The van der Waals surface area contributed by atoms with Gasteiger partial charge < -0.3 is 14.8 Å². The fourth-order valence-electron chi connectivity index (χ4n) is 2.04. The van der Waals surface area contributed by atoms with Crippen LogP contribution in [0.5, 0.6) is 0 Å². The summed E-state index contributed by atoms with van der Waals surface area (Å²) < 4.78 is 34.8. The standard InChI is InChI=1S/C17H26N2O7S2/c1-17(2,3)28(23,24)18-9-7-6-8-12(20)19-11-10-27-14(16(22)26-5)13(11)15(21)25-4/h10,18H,6-9H2,1-5H3,(H,19,20). The molecule has 11 heteroatoms. The highest BCUT2D eigenvalue weighted by molar-refractivity contribution is 7.90. The summed E-state index contributed by atoms with van der Waals surface area (Å²) in [4.78, 5) is 35.9. The van der Waals surface area contributed by atoms with E-state index in [0.29, 0.717) is 12.8 Å². The van der Waals surface area contributed by atoms with Crippen LogP contribution >= 0.6 is 11.3 Å². The molecule has 0 spiro atoms. The summed E-state index contributed by atoms with van der Waals surface area (Å²) in [5.41, 5.74) is 0.126. The molecule has 0 aliphatic rings. The number of thiophene rings is 1. The van der Waals surface area contributed by atoms with Gasteiger partial charge in [-0.05, 0) is 33.6 Å². The molecule has 2 N–H and O–H groups in total. The molecular formula is C17H26N2O7S2. The smallest absolute Gasteiger partial charge is 0.349 e. The minimum absolute atomic E-state index is 0.0428. The molecule has 1 heterocycles. The van der Waals surface area contributed by atoms with Crippen molar-refractivity contribution in [3.63, 3.8) is 0 Å². The number of esters is 2. The summed E-state index contributed by atoms with van der Waals surface area (Å²) in [6.07, 6.45) is 1.05. The quantitative estimate of drug-likeness (QED) is 0.450. The van der Waals surface area contributed by atoms with Crippen LogP contribution in [-0.4, -0.2) is 51.8 Å². The van der Waals surface area contributed by atoms with Gasteiger partial charge in [0, 0.05) is 18.3 Å². The predicted molar refractivity (Wildman–Crippen MR) is 106 cm³/mol. The number of unbranched alkanes of at least 4 members (excludes halogenated alkanes) is 1. The Morgan fingerprint density at radius 1 is 1.07 bits per heavy atom. The van der Waals surface area contributed by atoms with Crippen molar-refractivity contribution < 1.29 is 32.3 Å². The minimum Gasteiger partial charge on any atom is -0.465 e. The van der Waals surface area contributed by atoms with Crippen molar-refractivity contribution in [1.82, 2.24) is 4.72 Å². The zero-order chi connectivity index (χ0) is 21.5. The first kappa shape index (κ1) is 24.1. The van der Waals surface area contributed by atoms with E-state index in [9.17, 15) is 22.8 Å². The molecule has 0 aliphatic heterocycles. The summed E-state index contributed by atoms with van der Waals surface area (Å²) in [5, 5.41) is 4.05. The van der Waals surface area contributed by atoms with Crippen molar-refractivity contribution in [2.75, 3.05) is 26.1 Å². The van der Waals surface area contributed by atoms with Crippen LogP contribution in [0.4, 0.5) is 5.69 Å². The number of ether oxygens (including phenoxy) is 2. The highest BCUT2D eigenvalue weighted by Gasteiger charge is 2.28.